The summed E-state index contributed by atoms with van der Waals surface area (Å²) < 4.78 is 0. The van der Waals surface area contributed by atoms with E-state index in [4.69, 9.17) is 5.73 Å². The smallest absolute Gasteiger partial charge is 0.243 e. The van der Waals surface area contributed by atoms with E-state index < -0.39 is 35.8 Å². The van der Waals surface area contributed by atoms with Crippen LogP contribution in [0, 0.1) is 6.92 Å². The standard InChI is InChI=1S/C23H26N4O4/c1-14-6-5-9-16(10-14)12-17(21(24)29)25-20(28)13-19-23(31)26-18(22(30)27-19)11-15-7-3-2-4-8-15/h2-10,17-19H,11-13H2,1H3,(H2,24,29)(H,25,28)(H,26,31)(H,27,30)/t17-,18-,19-/m0/s1. The van der Waals surface area contributed by atoms with E-state index in [-0.39, 0.29) is 18.7 Å². The zero-order chi connectivity index (χ0) is 22.4. The van der Waals surface area contributed by atoms with E-state index in [1.54, 1.807) is 0 Å². The molecule has 1 fully saturated rings. The van der Waals surface area contributed by atoms with Gasteiger partial charge in [0.25, 0.3) is 0 Å². The van der Waals surface area contributed by atoms with Crippen molar-refractivity contribution in [2.75, 3.05) is 0 Å². The van der Waals surface area contributed by atoms with Gasteiger partial charge in [-0.25, -0.2) is 0 Å². The van der Waals surface area contributed by atoms with Crippen LogP contribution in [0.15, 0.2) is 54.6 Å². The summed E-state index contributed by atoms with van der Waals surface area (Å²) in [5, 5.41) is 7.84. The van der Waals surface area contributed by atoms with E-state index in [9.17, 15) is 19.2 Å². The number of primary amides is 1. The largest absolute Gasteiger partial charge is 0.368 e. The highest BCUT2D eigenvalue weighted by Crippen LogP contribution is 2.10. The van der Waals surface area contributed by atoms with Crippen LogP contribution in [-0.2, 0) is 32.0 Å². The van der Waals surface area contributed by atoms with Gasteiger partial charge in [-0.05, 0) is 18.1 Å². The number of piperazine rings is 1. The number of carbonyl (C=O) groups is 4. The summed E-state index contributed by atoms with van der Waals surface area (Å²) in [4.78, 5) is 49.1. The number of amides is 4. The van der Waals surface area contributed by atoms with Gasteiger partial charge in [0.2, 0.25) is 23.6 Å². The third-order valence-electron chi connectivity index (χ3n) is 5.14. The van der Waals surface area contributed by atoms with E-state index in [2.05, 4.69) is 16.0 Å². The predicted molar refractivity (Wildman–Crippen MR) is 115 cm³/mol. The molecule has 2 aromatic rings. The van der Waals surface area contributed by atoms with Crippen LogP contribution in [0.4, 0.5) is 0 Å². The second-order valence-corrected chi connectivity index (χ2v) is 7.73. The Morgan fingerprint density at radius 3 is 2.29 bits per heavy atom. The Bertz CT molecular complexity index is 977. The second-order valence-electron chi connectivity index (χ2n) is 7.73. The fourth-order valence-corrected chi connectivity index (χ4v) is 3.55. The molecule has 0 saturated carbocycles. The molecule has 3 atom stereocenters. The Labute approximate surface area is 180 Å². The number of nitrogens with two attached hydrogens (primary N) is 1. The van der Waals surface area contributed by atoms with Crippen molar-refractivity contribution in [1.82, 2.24) is 16.0 Å². The number of carbonyl (C=O) groups excluding carboxylic acids is 4. The van der Waals surface area contributed by atoms with Crippen molar-refractivity contribution in [3.63, 3.8) is 0 Å². The SMILES string of the molecule is Cc1cccc(C[C@H](NC(=O)C[C@@H]2NC(=O)[C@H](Cc3ccccc3)NC2=O)C(N)=O)c1. The molecule has 5 N–H and O–H groups in total. The third kappa shape index (κ3) is 6.15. The number of hydrogen-bond acceptors (Lipinski definition) is 4. The normalized spacial score (nSPS) is 19.1. The van der Waals surface area contributed by atoms with E-state index in [0.29, 0.717) is 6.42 Å². The van der Waals surface area contributed by atoms with E-state index in [1.165, 1.54) is 0 Å². The molecule has 8 heteroatoms. The molecule has 4 amide bonds. The molecule has 1 heterocycles. The number of nitrogens with one attached hydrogen (secondary N) is 3. The molecule has 31 heavy (non-hydrogen) atoms. The minimum atomic E-state index is -1.01. The Kier molecular flexibility index (Phi) is 7.02. The van der Waals surface area contributed by atoms with Crippen LogP contribution in [0.5, 0.6) is 0 Å². The van der Waals surface area contributed by atoms with Gasteiger partial charge >= 0.3 is 0 Å². The fraction of sp³-hybridized carbons (Fsp3) is 0.304. The molecule has 0 radical (unpaired) electrons. The summed E-state index contributed by atoms with van der Waals surface area (Å²) in [6.07, 6.45) is 0.315. The van der Waals surface area contributed by atoms with Crippen LogP contribution in [0.2, 0.25) is 0 Å². The predicted octanol–water partition coefficient (Wildman–Crippen LogP) is 0.124. The van der Waals surface area contributed by atoms with Crippen LogP contribution in [-0.4, -0.2) is 41.8 Å². The highest BCUT2D eigenvalue weighted by atomic mass is 16.2. The monoisotopic (exact) mass is 422 g/mol. The summed E-state index contributed by atoms with van der Waals surface area (Å²) >= 11 is 0. The van der Waals surface area contributed by atoms with Crippen molar-refractivity contribution in [1.29, 1.82) is 0 Å². The Morgan fingerprint density at radius 1 is 0.968 bits per heavy atom. The Morgan fingerprint density at radius 2 is 1.61 bits per heavy atom. The van der Waals surface area contributed by atoms with Crippen molar-refractivity contribution < 1.29 is 19.2 Å². The Hall–Kier alpha value is -3.68. The lowest BCUT2D eigenvalue weighted by molar-refractivity contribution is -0.138. The zero-order valence-corrected chi connectivity index (χ0v) is 17.3. The maximum atomic E-state index is 12.5. The van der Waals surface area contributed by atoms with Crippen LogP contribution in [0.25, 0.3) is 0 Å². The summed E-state index contributed by atoms with van der Waals surface area (Å²) in [7, 11) is 0. The quantitative estimate of drug-likeness (QED) is 0.481. The van der Waals surface area contributed by atoms with Gasteiger partial charge in [0.05, 0.1) is 6.42 Å². The van der Waals surface area contributed by atoms with Gasteiger partial charge in [-0.1, -0.05) is 60.2 Å². The van der Waals surface area contributed by atoms with E-state index in [0.717, 1.165) is 16.7 Å². The molecular weight excluding hydrogens is 396 g/mol. The molecule has 1 aliphatic heterocycles. The molecular formula is C23H26N4O4. The molecule has 0 aromatic heterocycles. The lowest BCUT2D eigenvalue weighted by Gasteiger charge is -2.29. The highest BCUT2D eigenvalue weighted by molar-refractivity contribution is 5.99. The number of rotatable bonds is 8. The average molecular weight is 422 g/mol. The second kappa shape index (κ2) is 9.88. The first-order chi connectivity index (χ1) is 14.8. The first-order valence-corrected chi connectivity index (χ1v) is 10.1. The molecule has 3 rings (SSSR count). The molecule has 8 nitrogen and oxygen atoms in total. The van der Waals surface area contributed by atoms with Gasteiger partial charge < -0.3 is 21.7 Å². The third-order valence-corrected chi connectivity index (χ3v) is 5.14. The van der Waals surface area contributed by atoms with Gasteiger partial charge in [-0.15, -0.1) is 0 Å². The first kappa shape index (κ1) is 22.0. The van der Waals surface area contributed by atoms with Gasteiger partial charge in [0, 0.05) is 12.8 Å². The highest BCUT2D eigenvalue weighted by Gasteiger charge is 2.35. The molecule has 0 unspecified atom stereocenters. The summed E-state index contributed by atoms with van der Waals surface area (Å²) in [5.41, 5.74) is 8.24. The van der Waals surface area contributed by atoms with Crippen molar-refractivity contribution in [2.45, 2.75) is 44.3 Å². The molecule has 162 valence electrons. The molecule has 2 aromatic carbocycles. The van der Waals surface area contributed by atoms with E-state index >= 15 is 0 Å². The van der Waals surface area contributed by atoms with Gasteiger partial charge in [-0.3, -0.25) is 19.2 Å². The molecule has 1 saturated heterocycles. The summed E-state index contributed by atoms with van der Waals surface area (Å²) in [6.45, 7) is 1.93. The van der Waals surface area contributed by atoms with Crippen molar-refractivity contribution in [3.8, 4) is 0 Å². The maximum absolute atomic E-state index is 12.5. The van der Waals surface area contributed by atoms with Crippen LogP contribution in [0.1, 0.15) is 23.1 Å². The summed E-state index contributed by atoms with van der Waals surface area (Å²) in [6, 6.07) is 14.2. The lowest BCUT2D eigenvalue weighted by Crippen LogP contribution is -2.63. The molecule has 0 bridgehead atoms. The number of benzene rings is 2. The lowest BCUT2D eigenvalue weighted by atomic mass is 10.00. The average Bonchev–Trinajstić information content (AvgIpc) is 2.72. The topological polar surface area (TPSA) is 130 Å². The van der Waals surface area contributed by atoms with E-state index in [1.807, 2.05) is 61.5 Å². The minimum absolute atomic E-state index is 0.241. The van der Waals surface area contributed by atoms with Crippen molar-refractivity contribution >= 4 is 23.6 Å². The van der Waals surface area contributed by atoms with Crippen LogP contribution in [0.3, 0.4) is 0 Å². The number of aryl methyl sites for hydroxylation is 1. The van der Waals surface area contributed by atoms with Crippen LogP contribution < -0.4 is 21.7 Å². The molecule has 1 aliphatic rings. The van der Waals surface area contributed by atoms with Gasteiger partial charge in [0.1, 0.15) is 18.1 Å². The fourth-order valence-electron chi connectivity index (χ4n) is 3.55. The molecule has 0 aliphatic carbocycles. The number of hydrogen-bond donors (Lipinski definition) is 4. The van der Waals surface area contributed by atoms with Gasteiger partial charge in [0.15, 0.2) is 0 Å². The minimum Gasteiger partial charge on any atom is -0.368 e. The molecule has 0 spiro atoms. The van der Waals surface area contributed by atoms with Crippen molar-refractivity contribution in [2.24, 2.45) is 5.73 Å². The zero-order valence-electron chi connectivity index (χ0n) is 17.3. The Balaban J connectivity index is 1.56. The summed E-state index contributed by atoms with van der Waals surface area (Å²) in [5.74, 6) is -2.01. The van der Waals surface area contributed by atoms with Crippen LogP contribution >= 0.6 is 0 Å². The van der Waals surface area contributed by atoms with Gasteiger partial charge in [-0.2, -0.15) is 0 Å². The first-order valence-electron chi connectivity index (χ1n) is 10.1. The maximum Gasteiger partial charge on any atom is 0.243 e. The van der Waals surface area contributed by atoms with Crippen molar-refractivity contribution in [3.05, 3.63) is 71.3 Å².